The van der Waals surface area contributed by atoms with Gasteiger partial charge < -0.3 is 9.84 Å². The molecule has 2 rings (SSSR count). The molecule has 0 bridgehead atoms. The summed E-state index contributed by atoms with van der Waals surface area (Å²) in [6, 6.07) is 7.26. The van der Waals surface area contributed by atoms with Crippen molar-refractivity contribution in [1.29, 1.82) is 0 Å². The number of phenolic OH excluding ortho intramolecular Hbond substituents is 1. The monoisotopic (exact) mass is 421 g/mol. The first kappa shape index (κ1) is 19.4. The Morgan fingerprint density at radius 3 is 2.62 bits per heavy atom. The van der Waals surface area contributed by atoms with E-state index in [4.69, 9.17) is 4.74 Å². The van der Waals surface area contributed by atoms with Gasteiger partial charge in [0.1, 0.15) is 11.5 Å². The molecule has 2 N–H and O–H groups in total. The molecule has 2 aromatic rings. The number of non-ortho nitro benzene ring substituents is 1. The number of nitrogens with one attached hydrogen (secondary N) is 1. The van der Waals surface area contributed by atoms with Crippen LogP contribution in [0.25, 0.3) is 0 Å². The third-order valence-electron chi connectivity index (χ3n) is 3.39. The number of halogens is 1. The van der Waals surface area contributed by atoms with Gasteiger partial charge in [-0.3, -0.25) is 14.9 Å². The number of hydrazone groups is 1. The van der Waals surface area contributed by atoms with Gasteiger partial charge in [-0.15, -0.1) is 0 Å². The highest BCUT2D eigenvalue weighted by molar-refractivity contribution is 9.10. The number of rotatable bonds is 6. The summed E-state index contributed by atoms with van der Waals surface area (Å²) in [6.45, 7) is 3.49. The van der Waals surface area contributed by atoms with Gasteiger partial charge in [-0.1, -0.05) is 15.9 Å². The lowest BCUT2D eigenvalue weighted by Gasteiger charge is -2.11. The molecule has 0 saturated carbocycles. The van der Waals surface area contributed by atoms with Gasteiger partial charge in [0.15, 0.2) is 6.61 Å². The molecule has 0 aromatic heterocycles. The van der Waals surface area contributed by atoms with Crippen LogP contribution in [0.15, 0.2) is 39.9 Å². The zero-order valence-electron chi connectivity index (χ0n) is 14.0. The van der Waals surface area contributed by atoms with Crippen molar-refractivity contribution in [2.75, 3.05) is 6.61 Å². The van der Waals surface area contributed by atoms with Crippen LogP contribution in [0.5, 0.6) is 11.5 Å². The van der Waals surface area contributed by atoms with Crippen molar-refractivity contribution >= 4 is 33.7 Å². The van der Waals surface area contributed by atoms with E-state index in [0.717, 1.165) is 27.9 Å². The highest BCUT2D eigenvalue weighted by atomic mass is 79.9. The highest BCUT2D eigenvalue weighted by Gasteiger charge is 2.10. The SMILES string of the molecule is Cc1cc(Br)cc(C)c1OCC(=O)N/N=C\c1cc([N+](=O)[O-])ccc1O. The molecule has 9 heteroatoms. The number of carbonyl (C=O) groups excluding carboxylic acids is 1. The van der Waals surface area contributed by atoms with E-state index in [-0.39, 0.29) is 23.6 Å². The standard InChI is InChI=1S/C17H16BrN3O5/c1-10-5-13(18)6-11(2)17(10)26-9-16(23)20-19-8-12-7-14(21(24)25)3-4-15(12)22/h3-8,22H,9H2,1-2H3,(H,20,23)/b19-8-. The average Bonchev–Trinajstić information content (AvgIpc) is 2.55. The Morgan fingerprint density at radius 2 is 2.00 bits per heavy atom. The first-order valence-electron chi connectivity index (χ1n) is 7.47. The van der Waals surface area contributed by atoms with Crippen molar-refractivity contribution in [3.8, 4) is 11.5 Å². The fraction of sp³-hybridized carbons (Fsp3) is 0.176. The minimum Gasteiger partial charge on any atom is -0.507 e. The van der Waals surface area contributed by atoms with Crippen molar-refractivity contribution in [3.05, 3.63) is 61.6 Å². The number of aromatic hydroxyl groups is 1. The molecule has 0 aliphatic rings. The molecule has 0 aliphatic carbocycles. The van der Waals surface area contributed by atoms with E-state index in [1.165, 1.54) is 12.1 Å². The fourth-order valence-corrected chi connectivity index (χ4v) is 2.91. The molecule has 0 saturated heterocycles. The van der Waals surface area contributed by atoms with Gasteiger partial charge in [-0.2, -0.15) is 5.10 Å². The van der Waals surface area contributed by atoms with Crippen LogP contribution in [0.4, 0.5) is 5.69 Å². The lowest BCUT2D eigenvalue weighted by atomic mass is 10.1. The molecular weight excluding hydrogens is 406 g/mol. The number of hydrogen-bond donors (Lipinski definition) is 2. The van der Waals surface area contributed by atoms with Crippen molar-refractivity contribution in [1.82, 2.24) is 5.43 Å². The van der Waals surface area contributed by atoms with Gasteiger partial charge in [-0.25, -0.2) is 5.43 Å². The van der Waals surface area contributed by atoms with Crippen LogP contribution in [0.1, 0.15) is 16.7 Å². The lowest BCUT2D eigenvalue weighted by Crippen LogP contribution is -2.25. The van der Waals surface area contributed by atoms with Gasteiger partial charge in [0.25, 0.3) is 11.6 Å². The topological polar surface area (TPSA) is 114 Å². The molecular formula is C17H16BrN3O5. The van der Waals surface area contributed by atoms with Crippen LogP contribution in [0.3, 0.4) is 0 Å². The van der Waals surface area contributed by atoms with Crippen molar-refractivity contribution in [2.24, 2.45) is 5.10 Å². The number of carbonyl (C=O) groups is 1. The van der Waals surface area contributed by atoms with Crippen molar-refractivity contribution < 1.29 is 19.6 Å². The molecule has 0 unspecified atom stereocenters. The summed E-state index contributed by atoms with van der Waals surface area (Å²) < 4.78 is 6.44. The molecule has 0 aliphatic heterocycles. The molecule has 2 aromatic carbocycles. The fourth-order valence-electron chi connectivity index (χ4n) is 2.23. The molecule has 26 heavy (non-hydrogen) atoms. The summed E-state index contributed by atoms with van der Waals surface area (Å²) in [6.07, 6.45) is 1.12. The van der Waals surface area contributed by atoms with E-state index in [1.54, 1.807) is 0 Å². The Labute approximate surface area is 157 Å². The molecule has 0 heterocycles. The summed E-state index contributed by atoms with van der Waals surface area (Å²) >= 11 is 3.39. The second kappa shape index (κ2) is 8.43. The second-order valence-electron chi connectivity index (χ2n) is 5.45. The van der Waals surface area contributed by atoms with Crippen LogP contribution in [0, 0.1) is 24.0 Å². The molecule has 1 amide bonds. The van der Waals surface area contributed by atoms with Gasteiger partial charge in [0, 0.05) is 22.2 Å². The van der Waals surface area contributed by atoms with E-state index in [2.05, 4.69) is 26.5 Å². The minimum absolute atomic E-state index is 0.111. The Balaban J connectivity index is 1.96. The summed E-state index contributed by atoms with van der Waals surface area (Å²) in [5.41, 5.74) is 3.93. The van der Waals surface area contributed by atoms with Crippen LogP contribution in [-0.2, 0) is 4.79 Å². The molecule has 0 spiro atoms. The minimum atomic E-state index is -0.591. The Bertz CT molecular complexity index is 860. The maximum Gasteiger partial charge on any atom is 0.277 e. The number of ether oxygens (including phenoxy) is 1. The summed E-state index contributed by atoms with van der Waals surface area (Å²) in [5, 5.41) is 24.1. The number of nitro groups is 1. The van der Waals surface area contributed by atoms with Gasteiger partial charge in [-0.05, 0) is 43.2 Å². The number of nitrogens with zero attached hydrogens (tertiary/aromatic N) is 2. The van der Waals surface area contributed by atoms with Gasteiger partial charge in [0.05, 0.1) is 11.1 Å². The summed E-state index contributed by atoms with van der Waals surface area (Å²) in [4.78, 5) is 22.0. The summed E-state index contributed by atoms with van der Waals surface area (Å²) in [5.74, 6) is -0.0810. The molecule has 0 radical (unpaired) electrons. The molecule has 0 fully saturated rings. The average molecular weight is 422 g/mol. The second-order valence-corrected chi connectivity index (χ2v) is 6.37. The molecule has 0 atom stereocenters. The largest absolute Gasteiger partial charge is 0.507 e. The highest BCUT2D eigenvalue weighted by Crippen LogP contribution is 2.27. The maximum absolute atomic E-state index is 11.8. The van der Waals surface area contributed by atoms with Crippen LogP contribution in [0.2, 0.25) is 0 Å². The normalized spacial score (nSPS) is 10.7. The first-order valence-corrected chi connectivity index (χ1v) is 8.26. The number of hydrogen-bond acceptors (Lipinski definition) is 6. The Hall–Kier alpha value is -2.94. The van der Waals surface area contributed by atoms with Crippen molar-refractivity contribution in [2.45, 2.75) is 13.8 Å². The van der Waals surface area contributed by atoms with Crippen molar-refractivity contribution in [3.63, 3.8) is 0 Å². The number of amides is 1. The molecule has 136 valence electrons. The lowest BCUT2D eigenvalue weighted by molar-refractivity contribution is -0.384. The van der Waals surface area contributed by atoms with E-state index in [9.17, 15) is 20.0 Å². The van der Waals surface area contributed by atoms with Crippen LogP contribution < -0.4 is 10.2 Å². The Kier molecular flexibility index (Phi) is 6.29. The predicted octanol–water partition coefficient (Wildman–Crippen LogP) is 3.21. The Morgan fingerprint density at radius 1 is 1.35 bits per heavy atom. The van der Waals surface area contributed by atoms with Crippen LogP contribution >= 0.6 is 15.9 Å². The third-order valence-corrected chi connectivity index (χ3v) is 3.85. The van der Waals surface area contributed by atoms with Crippen LogP contribution in [-0.4, -0.2) is 28.8 Å². The number of phenols is 1. The number of aryl methyl sites for hydroxylation is 2. The smallest absolute Gasteiger partial charge is 0.277 e. The van der Waals surface area contributed by atoms with E-state index >= 15 is 0 Å². The third kappa shape index (κ3) is 5.03. The number of benzene rings is 2. The first-order chi connectivity index (χ1) is 12.3. The van der Waals surface area contributed by atoms with Gasteiger partial charge >= 0.3 is 0 Å². The number of nitro benzene ring substituents is 1. The summed E-state index contributed by atoms with van der Waals surface area (Å²) in [7, 11) is 0. The zero-order valence-corrected chi connectivity index (χ0v) is 15.6. The van der Waals surface area contributed by atoms with E-state index in [0.29, 0.717) is 5.75 Å². The van der Waals surface area contributed by atoms with E-state index in [1.807, 2.05) is 26.0 Å². The quantitative estimate of drug-likeness (QED) is 0.422. The zero-order chi connectivity index (χ0) is 19.3. The maximum atomic E-state index is 11.8. The predicted molar refractivity (Wildman–Crippen MR) is 99.6 cm³/mol. The molecule has 8 nitrogen and oxygen atoms in total. The van der Waals surface area contributed by atoms with E-state index < -0.39 is 10.8 Å². The van der Waals surface area contributed by atoms with Gasteiger partial charge in [0.2, 0.25) is 0 Å².